The van der Waals surface area contributed by atoms with Crippen LogP contribution in [0.4, 0.5) is 4.79 Å². The van der Waals surface area contributed by atoms with Crippen LogP contribution in [0.1, 0.15) is 11.1 Å². The number of ether oxygens (including phenoxy) is 1. The third-order valence-electron chi connectivity index (χ3n) is 5.05. The van der Waals surface area contributed by atoms with Crippen LogP contribution in [0.3, 0.4) is 0 Å². The predicted molar refractivity (Wildman–Crippen MR) is 109 cm³/mol. The van der Waals surface area contributed by atoms with Crippen LogP contribution in [-0.2, 0) is 6.54 Å². The minimum atomic E-state index is -0.329. The molecule has 0 atom stereocenters. The van der Waals surface area contributed by atoms with Crippen molar-refractivity contribution in [2.24, 2.45) is 0 Å². The molecule has 1 aliphatic rings. The summed E-state index contributed by atoms with van der Waals surface area (Å²) in [6.07, 6.45) is -0.329. The molecule has 0 bridgehead atoms. The molecule has 3 aromatic rings. The first-order valence-corrected chi connectivity index (χ1v) is 9.45. The van der Waals surface area contributed by atoms with Crippen molar-refractivity contribution in [1.82, 2.24) is 14.8 Å². The minimum Gasteiger partial charge on any atom is -0.410 e. The number of rotatable bonds is 3. The third-order valence-corrected chi connectivity index (χ3v) is 5.05. The van der Waals surface area contributed by atoms with E-state index in [2.05, 4.69) is 16.0 Å². The first-order chi connectivity index (χ1) is 13.6. The lowest BCUT2D eigenvalue weighted by molar-refractivity contribution is 0.107. The molecule has 2 heterocycles. The Hall–Kier alpha value is -3.12. The van der Waals surface area contributed by atoms with Gasteiger partial charge in [0.05, 0.1) is 0 Å². The smallest absolute Gasteiger partial charge is 0.410 e. The van der Waals surface area contributed by atoms with Crippen molar-refractivity contribution in [2.75, 3.05) is 26.2 Å². The first-order valence-electron chi connectivity index (χ1n) is 9.45. The SMILES string of the molecule is Cc1ccc2[nH]c(=O)c(CN3CCN(C(=O)Oc4ccccc4)CC3)cc2c1. The third kappa shape index (κ3) is 4.07. The molecule has 0 saturated carbocycles. The number of aryl methyl sites for hydroxylation is 1. The standard InChI is InChI=1S/C22H23N3O3/c1-16-7-8-20-17(13-16)14-18(21(26)23-20)15-24-9-11-25(12-10-24)22(27)28-19-5-3-2-4-6-19/h2-8,13-14H,9-12,15H2,1H3,(H,23,26). The largest absolute Gasteiger partial charge is 0.415 e. The van der Waals surface area contributed by atoms with E-state index in [4.69, 9.17) is 4.74 Å². The second kappa shape index (κ2) is 7.86. The summed E-state index contributed by atoms with van der Waals surface area (Å²) in [4.78, 5) is 31.6. The highest BCUT2D eigenvalue weighted by atomic mass is 16.6. The lowest BCUT2D eigenvalue weighted by Crippen LogP contribution is -2.49. The molecule has 2 aromatic carbocycles. The molecule has 0 radical (unpaired) electrons. The molecule has 0 aliphatic carbocycles. The van der Waals surface area contributed by atoms with Crippen LogP contribution in [0.15, 0.2) is 59.4 Å². The van der Waals surface area contributed by atoms with Crippen molar-refractivity contribution >= 4 is 17.0 Å². The molecule has 1 fully saturated rings. The van der Waals surface area contributed by atoms with Gasteiger partial charge in [-0.2, -0.15) is 0 Å². The topological polar surface area (TPSA) is 65.6 Å². The molecule has 0 spiro atoms. The van der Waals surface area contributed by atoms with Crippen LogP contribution in [0.2, 0.25) is 0 Å². The Morgan fingerprint density at radius 2 is 1.79 bits per heavy atom. The van der Waals surface area contributed by atoms with Gasteiger partial charge in [-0.05, 0) is 42.6 Å². The fraction of sp³-hybridized carbons (Fsp3) is 0.273. The number of piperazine rings is 1. The van der Waals surface area contributed by atoms with Crippen LogP contribution in [0.25, 0.3) is 10.9 Å². The van der Waals surface area contributed by atoms with Crippen LogP contribution in [-0.4, -0.2) is 47.1 Å². The van der Waals surface area contributed by atoms with Gasteiger partial charge < -0.3 is 14.6 Å². The molecule has 1 aliphatic heterocycles. The molecular weight excluding hydrogens is 354 g/mol. The summed E-state index contributed by atoms with van der Waals surface area (Å²) in [6, 6.07) is 17.1. The summed E-state index contributed by atoms with van der Waals surface area (Å²) >= 11 is 0. The number of carbonyl (C=O) groups is 1. The van der Waals surface area contributed by atoms with Crippen molar-refractivity contribution < 1.29 is 9.53 Å². The highest BCUT2D eigenvalue weighted by Gasteiger charge is 2.23. The average Bonchev–Trinajstić information content (AvgIpc) is 2.70. The molecular formula is C22H23N3O3. The highest BCUT2D eigenvalue weighted by Crippen LogP contribution is 2.16. The van der Waals surface area contributed by atoms with E-state index in [0.29, 0.717) is 38.5 Å². The summed E-state index contributed by atoms with van der Waals surface area (Å²) < 4.78 is 5.40. The van der Waals surface area contributed by atoms with Gasteiger partial charge in [0.15, 0.2) is 0 Å². The molecule has 4 rings (SSSR count). The number of amides is 1. The number of nitrogens with one attached hydrogen (secondary N) is 1. The maximum atomic E-state index is 12.4. The quantitative estimate of drug-likeness (QED) is 0.762. The summed E-state index contributed by atoms with van der Waals surface area (Å²) in [7, 11) is 0. The number of aromatic nitrogens is 1. The van der Waals surface area contributed by atoms with Gasteiger partial charge in [0, 0.05) is 43.8 Å². The zero-order chi connectivity index (χ0) is 19.5. The van der Waals surface area contributed by atoms with Crippen molar-refractivity contribution in [1.29, 1.82) is 0 Å². The van der Waals surface area contributed by atoms with Crippen LogP contribution in [0.5, 0.6) is 5.75 Å². The minimum absolute atomic E-state index is 0.0535. The van der Waals surface area contributed by atoms with Gasteiger partial charge in [-0.25, -0.2) is 4.79 Å². The van der Waals surface area contributed by atoms with Crippen molar-refractivity contribution in [2.45, 2.75) is 13.5 Å². The van der Waals surface area contributed by atoms with E-state index in [0.717, 1.165) is 22.0 Å². The van der Waals surface area contributed by atoms with Gasteiger partial charge in [-0.15, -0.1) is 0 Å². The second-order valence-electron chi connectivity index (χ2n) is 7.16. The number of aromatic amines is 1. The predicted octanol–water partition coefficient (Wildman–Crippen LogP) is 3.15. The molecule has 1 N–H and O–H groups in total. The van der Waals surface area contributed by atoms with Crippen molar-refractivity contribution in [3.05, 3.63) is 76.1 Å². The molecule has 28 heavy (non-hydrogen) atoms. The molecule has 6 heteroatoms. The van der Waals surface area contributed by atoms with Gasteiger partial charge in [0.2, 0.25) is 0 Å². The highest BCUT2D eigenvalue weighted by molar-refractivity contribution is 5.79. The van der Waals surface area contributed by atoms with Crippen LogP contribution < -0.4 is 10.3 Å². The van der Waals surface area contributed by atoms with E-state index >= 15 is 0 Å². The van der Waals surface area contributed by atoms with E-state index in [-0.39, 0.29) is 11.7 Å². The van der Waals surface area contributed by atoms with Crippen molar-refractivity contribution in [3.63, 3.8) is 0 Å². The number of hydrogen-bond donors (Lipinski definition) is 1. The van der Waals surface area contributed by atoms with E-state index in [1.807, 2.05) is 43.3 Å². The lowest BCUT2D eigenvalue weighted by Gasteiger charge is -2.33. The molecule has 144 valence electrons. The Balaban J connectivity index is 1.38. The Morgan fingerprint density at radius 1 is 1.04 bits per heavy atom. The molecule has 1 aromatic heterocycles. The normalized spacial score (nSPS) is 15.0. The Kier molecular flexibility index (Phi) is 5.12. The number of hydrogen-bond acceptors (Lipinski definition) is 4. The summed E-state index contributed by atoms with van der Waals surface area (Å²) in [6.45, 7) is 5.18. The number of fused-ring (bicyclic) bond motifs is 1. The zero-order valence-electron chi connectivity index (χ0n) is 15.9. The zero-order valence-corrected chi connectivity index (χ0v) is 15.9. The Bertz CT molecular complexity index is 1040. The molecule has 1 saturated heterocycles. The lowest BCUT2D eigenvalue weighted by atomic mass is 10.1. The Labute approximate surface area is 163 Å². The van der Waals surface area contributed by atoms with Gasteiger partial charge >= 0.3 is 6.09 Å². The van der Waals surface area contributed by atoms with Gasteiger partial charge in [0.1, 0.15) is 5.75 Å². The molecule has 1 amide bonds. The number of benzene rings is 2. The number of carbonyl (C=O) groups excluding carboxylic acids is 1. The van der Waals surface area contributed by atoms with Crippen LogP contribution in [0, 0.1) is 6.92 Å². The van der Waals surface area contributed by atoms with Gasteiger partial charge in [-0.3, -0.25) is 9.69 Å². The van der Waals surface area contributed by atoms with Crippen molar-refractivity contribution in [3.8, 4) is 5.75 Å². The number of nitrogens with zero attached hydrogens (tertiary/aromatic N) is 2. The monoisotopic (exact) mass is 377 g/mol. The summed E-state index contributed by atoms with van der Waals surface area (Å²) in [5.74, 6) is 0.549. The maximum absolute atomic E-state index is 12.4. The van der Waals surface area contributed by atoms with E-state index < -0.39 is 0 Å². The fourth-order valence-electron chi connectivity index (χ4n) is 3.47. The second-order valence-corrected chi connectivity index (χ2v) is 7.16. The average molecular weight is 377 g/mol. The van der Waals surface area contributed by atoms with Gasteiger partial charge in [-0.1, -0.05) is 29.8 Å². The van der Waals surface area contributed by atoms with E-state index in [1.54, 1.807) is 17.0 Å². The number of pyridine rings is 1. The van der Waals surface area contributed by atoms with E-state index in [1.165, 1.54) is 0 Å². The number of H-pyrrole nitrogens is 1. The Morgan fingerprint density at radius 3 is 2.54 bits per heavy atom. The fourth-order valence-corrected chi connectivity index (χ4v) is 3.47. The molecule has 6 nitrogen and oxygen atoms in total. The maximum Gasteiger partial charge on any atom is 0.415 e. The summed E-state index contributed by atoms with van der Waals surface area (Å²) in [5.41, 5.74) is 2.71. The number of para-hydroxylation sites is 1. The first kappa shape index (κ1) is 18.3. The van der Waals surface area contributed by atoms with Crippen LogP contribution >= 0.6 is 0 Å². The van der Waals surface area contributed by atoms with Gasteiger partial charge in [0.25, 0.3) is 5.56 Å². The summed E-state index contributed by atoms with van der Waals surface area (Å²) in [5, 5.41) is 1.04. The van der Waals surface area contributed by atoms with E-state index in [9.17, 15) is 9.59 Å². The molecule has 0 unspecified atom stereocenters.